The molecule has 1 heterocycles. The number of hydrogen-bond acceptors (Lipinski definition) is 1. The van der Waals surface area contributed by atoms with Gasteiger partial charge in [0.15, 0.2) is 0 Å². The van der Waals surface area contributed by atoms with E-state index in [1.165, 1.54) is 64.6 Å². The van der Waals surface area contributed by atoms with Crippen molar-refractivity contribution in [3.05, 3.63) is 0 Å². The average Bonchev–Trinajstić information content (AvgIpc) is 2.30. The molecule has 0 amide bonds. The molecule has 0 atom stereocenters. The van der Waals surface area contributed by atoms with Gasteiger partial charge in [0, 0.05) is 6.54 Å². The van der Waals surface area contributed by atoms with Crippen LogP contribution in [0.1, 0.15) is 65.7 Å². The Kier molecular flexibility index (Phi) is 4.52. The van der Waals surface area contributed by atoms with Crippen LogP contribution in [0.2, 0.25) is 0 Å². The first kappa shape index (κ1) is 13.4. The van der Waals surface area contributed by atoms with Crippen LogP contribution in [0.25, 0.3) is 0 Å². The SMILES string of the molecule is CC(C)(C)C1CCN(CC2CCCCC2)CC1. The molecule has 0 aromatic carbocycles. The minimum atomic E-state index is 0.525. The molecule has 1 nitrogen and oxygen atoms in total. The van der Waals surface area contributed by atoms with Crippen LogP contribution in [-0.4, -0.2) is 24.5 Å². The lowest BCUT2D eigenvalue weighted by Gasteiger charge is -2.40. The fourth-order valence-corrected chi connectivity index (χ4v) is 3.72. The van der Waals surface area contributed by atoms with Crippen molar-refractivity contribution in [2.45, 2.75) is 65.7 Å². The van der Waals surface area contributed by atoms with Crippen LogP contribution in [0.15, 0.2) is 0 Å². The molecule has 1 aliphatic carbocycles. The second-order valence-electron chi connectivity index (χ2n) is 7.44. The monoisotopic (exact) mass is 237 g/mol. The first-order valence-corrected chi connectivity index (χ1v) is 7.78. The summed E-state index contributed by atoms with van der Waals surface area (Å²) in [6.45, 7) is 11.4. The standard InChI is InChI=1S/C16H31N/c1-16(2,3)15-9-11-17(12-10-15)13-14-7-5-4-6-8-14/h14-15H,4-13H2,1-3H3. The van der Waals surface area contributed by atoms with Crippen LogP contribution >= 0.6 is 0 Å². The summed E-state index contributed by atoms with van der Waals surface area (Å²) in [5.41, 5.74) is 0.525. The Labute approximate surface area is 108 Å². The Morgan fingerprint density at radius 1 is 0.882 bits per heavy atom. The summed E-state index contributed by atoms with van der Waals surface area (Å²) < 4.78 is 0. The minimum Gasteiger partial charge on any atom is -0.303 e. The average molecular weight is 237 g/mol. The number of nitrogens with zero attached hydrogens (tertiary/aromatic N) is 1. The van der Waals surface area contributed by atoms with Gasteiger partial charge in [0.1, 0.15) is 0 Å². The molecule has 0 aromatic rings. The molecule has 2 rings (SSSR count). The van der Waals surface area contributed by atoms with Gasteiger partial charge in [-0.1, -0.05) is 40.0 Å². The second kappa shape index (κ2) is 5.73. The lowest BCUT2D eigenvalue weighted by molar-refractivity contribution is 0.0949. The normalized spacial score (nSPS) is 26.3. The maximum Gasteiger partial charge on any atom is 0.000966 e. The highest BCUT2D eigenvalue weighted by Crippen LogP contribution is 2.35. The van der Waals surface area contributed by atoms with Gasteiger partial charge in [-0.2, -0.15) is 0 Å². The fourth-order valence-electron chi connectivity index (χ4n) is 3.72. The van der Waals surface area contributed by atoms with Gasteiger partial charge in [0.05, 0.1) is 0 Å². The third-order valence-corrected chi connectivity index (χ3v) is 5.05. The third-order valence-electron chi connectivity index (χ3n) is 5.05. The molecule has 0 spiro atoms. The van der Waals surface area contributed by atoms with E-state index in [2.05, 4.69) is 25.7 Å². The summed E-state index contributed by atoms with van der Waals surface area (Å²) in [5, 5.41) is 0. The zero-order valence-corrected chi connectivity index (χ0v) is 12.2. The largest absolute Gasteiger partial charge is 0.303 e. The zero-order chi connectivity index (χ0) is 12.3. The van der Waals surface area contributed by atoms with E-state index >= 15 is 0 Å². The van der Waals surface area contributed by atoms with Crippen molar-refractivity contribution in [2.75, 3.05) is 19.6 Å². The molecule has 1 saturated heterocycles. The molecule has 1 heteroatoms. The molecule has 2 fully saturated rings. The summed E-state index contributed by atoms with van der Waals surface area (Å²) in [5.74, 6) is 1.97. The highest BCUT2D eigenvalue weighted by molar-refractivity contribution is 4.82. The third kappa shape index (κ3) is 3.98. The van der Waals surface area contributed by atoms with E-state index in [4.69, 9.17) is 0 Å². The van der Waals surface area contributed by atoms with Crippen molar-refractivity contribution in [1.29, 1.82) is 0 Å². The predicted octanol–water partition coefficient (Wildman–Crippen LogP) is 4.32. The Balaban J connectivity index is 1.71. The Hall–Kier alpha value is -0.0400. The summed E-state index contributed by atoms with van der Waals surface area (Å²) in [7, 11) is 0. The molecular formula is C16H31N. The van der Waals surface area contributed by atoms with Crippen LogP contribution in [0, 0.1) is 17.3 Å². The van der Waals surface area contributed by atoms with Crippen LogP contribution < -0.4 is 0 Å². The van der Waals surface area contributed by atoms with Crippen LogP contribution in [-0.2, 0) is 0 Å². The molecule has 0 aromatic heterocycles. The molecule has 0 unspecified atom stereocenters. The van der Waals surface area contributed by atoms with Crippen LogP contribution in [0.5, 0.6) is 0 Å². The molecule has 100 valence electrons. The van der Waals surface area contributed by atoms with Crippen molar-refractivity contribution in [2.24, 2.45) is 17.3 Å². The van der Waals surface area contributed by atoms with Gasteiger partial charge in [0.25, 0.3) is 0 Å². The summed E-state index contributed by atoms with van der Waals surface area (Å²) >= 11 is 0. The van der Waals surface area contributed by atoms with Gasteiger partial charge < -0.3 is 4.90 Å². The van der Waals surface area contributed by atoms with E-state index in [0.29, 0.717) is 5.41 Å². The van der Waals surface area contributed by atoms with Gasteiger partial charge in [0.2, 0.25) is 0 Å². The van der Waals surface area contributed by atoms with E-state index in [1.807, 2.05) is 0 Å². The maximum atomic E-state index is 2.75. The molecule has 2 aliphatic rings. The maximum absolute atomic E-state index is 2.75. The Morgan fingerprint density at radius 2 is 1.47 bits per heavy atom. The summed E-state index contributed by atoms with van der Waals surface area (Å²) in [6, 6.07) is 0. The second-order valence-corrected chi connectivity index (χ2v) is 7.44. The summed E-state index contributed by atoms with van der Waals surface area (Å²) in [6.07, 6.45) is 10.3. The number of hydrogen-bond donors (Lipinski definition) is 0. The van der Waals surface area contributed by atoms with E-state index in [9.17, 15) is 0 Å². The van der Waals surface area contributed by atoms with Crippen molar-refractivity contribution in [1.82, 2.24) is 4.90 Å². The quantitative estimate of drug-likeness (QED) is 0.691. The van der Waals surface area contributed by atoms with Crippen molar-refractivity contribution < 1.29 is 0 Å². The highest BCUT2D eigenvalue weighted by Gasteiger charge is 2.29. The van der Waals surface area contributed by atoms with Crippen molar-refractivity contribution >= 4 is 0 Å². The molecule has 0 N–H and O–H groups in total. The Bertz CT molecular complexity index is 214. The van der Waals surface area contributed by atoms with Gasteiger partial charge in [-0.3, -0.25) is 0 Å². The van der Waals surface area contributed by atoms with Gasteiger partial charge in [-0.05, 0) is 56.0 Å². The Morgan fingerprint density at radius 3 is 2.00 bits per heavy atom. The lowest BCUT2D eigenvalue weighted by Crippen LogP contribution is -2.40. The van der Waals surface area contributed by atoms with E-state index < -0.39 is 0 Å². The topological polar surface area (TPSA) is 3.24 Å². The number of rotatable bonds is 2. The van der Waals surface area contributed by atoms with Gasteiger partial charge in [-0.25, -0.2) is 0 Å². The van der Waals surface area contributed by atoms with E-state index in [0.717, 1.165) is 11.8 Å². The molecule has 17 heavy (non-hydrogen) atoms. The molecule has 0 bridgehead atoms. The summed E-state index contributed by atoms with van der Waals surface area (Å²) in [4.78, 5) is 2.75. The first-order chi connectivity index (χ1) is 8.05. The highest BCUT2D eigenvalue weighted by atomic mass is 15.1. The first-order valence-electron chi connectivity index (χ1n) is 7.78. The molecular weight excluding hydrogens is 206 g/mol. The smallest absolute Gasteiger partial charge is 0.000966 e. The fraction of sp³-hybridized carbons (Fsp3) is 1.00. The molecule has 1 saturated carbocycles. The van der Waals surface area contributed by atoms with E-state index in [-0.39, 0.29) is 0 Å². The number of likely N-dealkylation sites (tertiary alicyclic amines) is 1. The van der Waals surface area contributed by atoms with E-state index in [1.54, 1.807) is 0 Å². The molecule has 0 radical (unpaired) electrons. The predicted molar refractivity (Wildman–Crippen MR) is 75.2 cm³/mol. The number of piperidine rings is 1. The minimum absolute atomic E-state index is 0.525. The lowest BCUT2D eigenvalue weighted by atomic mass is 9.75. The van der Waals surface area contributed by atoms with Crippen LogP contribution in [0.4, 0.5) is 0 Å². The van der Waals surface area contributed by atoms with Crippen molar-refractivity contribution in [3.63, 3.8) is 0 Å². The van der Waals surface area contributed by atoms with Gasteiger partial charge >= 0.3 is 0 Å². The zero-order valence-electron chi connectivity index (χ0n) is 12.2. The van der Waals surface area contributed by atoms with Crippen LogP contribution in [0.3, 0.4) is 0 Å². The van der Waals surface area contributed by atoms with Gasteiger partial charge in [-0.15, -0.1) is 0 Å². The van der Waals surface area contributed by atoms with Crippen molar-refractivity contribution in [3.8, 4) is 0 Å². The molecule has 1 aliphatic heterocycles.